The molecule has 4 heterocycles. The highest BCUT2D eigenvalue weighted by molar-refractivity contribution is 7.63. The normalized spacial score (nSPS) is 20.4. The number of nitrogens with one attached hydrogen (secondary N) is 2. The Bertz CT molecular complexity index is 1370. The van der Waals surface area contributed by atoms with Crippen molar-refractivity contribution in [2.24, 2.45) is 5.92 Å². The number of fused-ring (bicyclic) bond motifs is 1. The molecule has 1 amide bonds. The molecule has 1 saturated carbocycles. The van der Waals surface area contributed by atoms with Crippen molar-refractivity contribution in [2.45, 2.75) is 56.9 Å². The van der Waals surface area contributed by atoms with Gasteiger partial charge >= 0.3 is 0 Å². The number of nitrogens with zero attached hydrogens (tertiary/aromatic N) is 5. The van der Waals surface area contributed by atoms with Crippen LogP contribution in [0.2, 0.25) is 0 Å². The van der Waals surface area contributed by atoms with Crippen LogP contribution in [0, 0.1) is 18.3 Å². The number of anilines is 2. The number of amides is 1. The second kappa shape index (κ2) is 20.7. The maximum absolute atomic E-state index is 12.8. The van der Waals surface area contributed by atoms with Crippen LogP contribution in [-0.2, 0) is 33.0 Å². The molecule has 2 aromatic heterocycles. The van der Waals surface area contributed by atoms with E-state index in [-0.39, 0.29) is 43.3 Å². The number of hydrogen-bond donors (Lipinski definition) is 5. The van der Waals surface area contributed by atoms with E-state index in [1.165, 1.54) is 12.8 Å². The molecule has 0 aromatic carbocycles. The second-order valence-corrected chi connectivity index (χ2v) is 15.1. The van der Waals surface area contributed by atoms with Crippen LogP contribution in [0.1, 0.15) is 44.8 Å². The van der Waals surface area contributed by atoms with E-state index in [9.17, 15) is 9.69 Å². The fourth-order valence-corrected chi connectivity index (χ4v) is 7.47. The Morgan fingerprint density at radius 2 is 1.68 bits per heavy atom. The van der Waals surface area contributed by atoms with Crippen molar-refractivity contribution < 1.29 is 47.7 Å². The molecule has 0 spiro atoms. The molecule has 3 fully saturated rings. The van der Waals surface area contributed by atoms with E-state index in [0.29, 0.717) is 96.4 Å². The van der Waals surface area contributed by atoms with Gasteiger partial charge in [-0.2, -0.15) is 15.1 Å². The Morgan fingerprint density at radius 1 is 0.980 bits per heavy atom. The molecule has 5 rings (SSSR count). The summed E-state index contributed by atoms with van der Waals surface area (Å²) in [6.45, 7) is 4.93. The Kier molecular flexibility index (Phi) is 16.1. The molecule has 1 aliphatic carbocycles. The van der Waals surface area contributed by atoms with E-state index in [0.717, 1.165) is 24.0 Å². The molecule has 278 valence electrons. The van der Waals surface area contributed by atoms with Gasteiger partial charge in [0.25, 0.3) is 0 Å². The second-order valence-electron chi connectivity index (χ2n) is 12.3. The van der Waals surface area contributed by atoms with Gasteiger partial charge in [-0.15, -0.1) is 6.42 Å². The number of rotatable bonds is 23. The first-order valence-electron chi connectivity index (χ1n) is 17.1. The molecule has 3 atom stereocenters. The van der Waals surface area contributed by atoms with Gasteiger partial charge in [0.05, 0.1) is 82.4 Å². The van der Waals surface area contributed by atoms with E-state index in [1.54, 1.807) is 10.9 Å². The summed E-state index contributed by atoms with van der Waals surface area (Å²) >= 11 is 0. The molecule has 17 nitrogen and oxygen atoms in total. The first-order chi connectivity index (χ1) is 24.4. The van der Waals surface area contributed by atoms with Crippen molar-refractivity contribution in [3.05, 3.63) is 6.20 Å². The molecular formula is C31H49N7O10P2. The third-order valence-corrected chi connectivity index (χ3v) is 11.0. The number of ether oxygens (including phenoxy) is 5. The average Bonchev–Trinajstić information content (AvgIpc) is 3.85. The van der Waals surface area contributed by atoms with Crippen molar-refractivity contribution in [3.8, 4) is 12.3 Å². The fourth-order valence-electron chi connectivity index (χ4n) is 5.94. The molecular weight excluding hydrogens is 692 g/mol. The van der Waals surface area contributed by atoms with Crippen LogP contribution >= 0.6 is 16.8 Å². The van der Waals surface area contributed by atoms with Gasteiger partial charge < -0.3 is 58.4 Å². The van der Waals surface area contributed by atoms with Gasteiger partial charge in [0, 0.05) is 25.7 Å². The molecule has 0 radical (unpaired) electrons. The lowest BCUT2D eigenvalue weighted by Gasteiger charge is -2.38. The number of terminal acetylenes is 1. The summed E-state index contributed by atoms with van der Waals surface area (Å²) in [6, 6.07) is 0.328. The third-order valence-electron chi connectivity index (χ3n) is 8.54. The maximum atomic E-state index is 12.8. The van der Waals surface area contributed by atoms with Gasteiger partial charge in [-0.25, -0.2) is 4.68 Å². The number of hydrogen-bond acceptors (Lipinski definition) is 15. The number of carbonyl (C=O) groups is 1. The van der Waals surface area contributed by atoms with Crippen LogP contribution < -0.4 is 15.5 Å². The van der Waals surface area contributed by atoms with E-state index in [4.69, 9.17) is 54.4 Å². The summed E-state index contributed by atoms with van der Waals surface area (Å²) in [7, 11) is -4.14. The third kappa shape index (κ3) is 11.9. The van der Waals surface area contributed by atoms with Crippen molar-refractivity contribution in [1.82, 2.24) is 25.1 Å². The standard InChI is InChI=1S/C31H49N7O10P2/c1-2-10-43-12-14-45-16-17-46-15-13-44-11-9-32-30(39)23-19-37(20-23)31-35-28(34-24-5-3-4-6-24)26-18-33-38(29(26)36-31)27-8-7-25(48-27)21-47-50(42)22-49(40)41/h1,18,23-25,27,40-42H,3-17,19-22H2,(H,32,39)(H,34,35,36). The summed E-state index contributed by atoms with van der Waals surface area (Å²) in [5.74, 6) is 3.26. The number of carbonyl (C=O) groups excluding carboxylic acids is 1. The van der Waals surface area contributed by atoms with Crippen molar-refractivity contribution in [1.29, 1.82) is 0 Å². The zero-order chi connectivity index (χ0) is 35.1. The van der Waals surface area contributed by atoms with Gasteiger partial charge in [0.1, 0.15) is 12.4 Å². The van der Waals surface area contributed by atoms with Gasteiger partial charge in [0.15, 0.2) is 28.6 Å². The molecule has 2 aromatic rings. The van der Waals surface area contributed by atoms with Crippen LogP contribution in [0.3, 0.4) is 0 Å². The van der Waals surface area contributed by atoms with Crippen LogP contribution in [-0.4, -0.2) is 137 Å². The molecule has 2 aliphatic heterocycles. The van der Waals surface area contributed by atoms with E-state index < -0.39 is 16.8 Å². The SMILES string of the molecule is C#CCOCCOCCOCCOCCNC(=O)C1CN(c2nc(NC3CCCC3)c3cnn(C4CCC(COP(O)CP(O)O)O4)c3n2)C1. The Balaban J connectivity index is 1.06. The van der Waals surface area contributed by atoms with Crippen LogP contribution in [0.15, 0.2) is 6.20 Å². The minimum atomic E-state index is -2.22. The Hall–Kier alpha value is -2.32. The summed E-state index contributed by atoms with van der Waals surface area (Å²) in [6.07, 6.45) is 12.1. The summed E-state index contributed by atoms with van der Waals surface area (Å²) in [4.78, 5) is 52.8. The van der Waals surface area contributed by atoms with Gasteiger partial charge in [-0.3, -0.25) is 4.79 Å². The predicted octanol–water partition coefficient (Wildman–Crippen LogP) is 1.69. The number of aromatic nitrogens is 4. The highest BCUT2D eigenvalue weighted by Crippen LogP contribution is 2.44. The summed E-state index contributed by atoms with van der Waals surface area (Å²) < 4.78 is 34.9. The molecule has 19 heteroatoms. The Morgan fingerprint density at radius 3 is 2.38 bits per heavy atom. The highest BCUT2D eigenvalue weighted by atomic mass is 31.2. The lowest BCUT2D eigenvalue weighted by atomic mass is 10.00. The first kappa shape index (κ1) is 38.9. The average molecular weight is 742 g/mol. The zero-order valence-corrected chi connectivity index (χ0v) is 30.0. The van der Waals surface area contributed by atoms with Gasteiger partial charge in [0.2, 0.25) is 11.9 Å². The molecule has 3 aliphatic rings. The predicted molar refractivity (Wildman–Crippen MR) is 186 cm³/mol. The largest absolute Gasteiger partial charge is 0.377 e. The van der Waals surface area contributed by atoms with Gasteiger partial charge in [-0.05, 0) is 25.7 Å². The van der Waals surface area contributed by atoms with Crippen molar-refractivity contribution >= 4 is 45.5 Å². The summed E-state index contributed by atoms with van der Waals surface area (Å²) in [5, 5.41) is 12.0. The van der Waals surface area contributed by atoms with E-state index in [1.807, 2.05) is 4.90 Å². The lowest BCUT2D eigenvalue weighted by molar-refractivity contribution is -0.126. The van der Waals surface area contributed by atoms with Crippen molar-refractivity contribution in [2.75, 3.05) is 95.2 Å². The summed E-state index contributed by atoms with van der Waals surface area (Å²) in [5.41, 5.74) is 0.643. The lowest BCUT2D eigenvalue weighted by Crippen LogP contribution is -2.54. The maximum Gasteiger partial charge on any atom is 0.229 e. The van der Waals surface area contributed by atoms with Crippen LogP contribution in [0.25, 0.3) is 11.0 Å². The zero-order valence-electron chi connectivity index (χ0n) is 28.2. The molecule has 2 saturated heterocycles. The minimum Gasteiger partial charge on any atom is -0.377 e. The first-order valence-corrected chi connectivity index (χ1v) is 19.9. The van der Waals surface area contributed by atoms with Crippen molar-refractivity contribution in [3.63, 3.8) is 0 Å². The smallest absolute Gasteiger partial charge is 0.229 e. The highest BCUT2D eigenvalue weighted by Gasteiger charge is 2.36. The van der Waals surface area contributed by atoms with E-state index >= 15 is 0 Å². The van der Waals surface area contributed by atoms with Crippen LogP contribution in [0.5, 0.6) is 0 Å². The molecule has 3 unspecified atom stereocenters. The fraction of sp³-hybridized carbons (Fsp3) is 0.742. The van der Waals surface area contributed by atoms with Crippen LogP contribution in [0.4, 0.5) is 11.8 Å². The van der Waals surface area contributed by atoms with E-state index in [2.05, 4.69) is 21.7 Å². The topological polar surface area (TPSA) is 204 Å². The minimum absolute atomic E-state index is 0.0337. The quantitative estimate of drug-likeness (QED) is 0.0625. The molecule has 50 heavy (non-hydrogen) atoms. The monoisotopic (exact) mass is 741 g/mol. The molecule has 0 bridgehead atoms. The van der Waals surface area contributed by atoms with Gasteiger partial charge in [-0.1, -0.05) is 18.8 Å². The molecule has 5 N–H and O–H groups in total. The Labute approximate surface area is 294 Å².